The van der Waals surface area contributed by atoms with Crippen molar-refractivity contribution in [3.8, 4) is 0 Å². The molecule has 2 aromatic carbocycles. The van der Waals surface area contributed by atoms with Crippen LogP contribution in [0.25, 0.3) is 11.0 Å². The number of aromatic nitrogens is 2. The van der Waals surface area contributed by atoms with Crippen LogP contribution in [0.3, 0.4) is 0 Å². The van der Waals surface area contributed by atoms with Crippen molar-refractivity contribution < 1.29 is 14.3 Å². The van der Waals surface area contributed by atoms with Gasteiger partial charge in [0.15, 0.2) is 6.61 Å². The van der Waals surface area contributed by atoms with Gasteiger partial charge in [0.25, 0.3) is 5.91 Å². The Hall–Kier alpha value is -3.28. The minimum absolute atomic E-state index is 0.167. The van der Waals surface area contributed by atoms with Crippen molar-refractivity contribution in [3.05, 3.63) is 71.0 Å². The van der Waals surface area contributed by atoms with Gasteiger partial charge in [-0.2, -0.15) is 0 Å². The quantitative estimate of drug-likeness (QED) is 0.704. The van der Waals surface area contributed by atoms with Crippen molar-refractivity contribution in [3.63, 3.8) is 0 Å². The number of nitrogens with one attached hydrogen (secondary N) is 1. The molecule has 3 rings (SSSR count). The molecule has 1 amide bonds. The standard InChI is InChI=1S/C21H21N3O3/c1-13-14(2)23-19-11-17(9-10-18(19)22-13)21(26)27-12-20(25)24-15(3)16-7-5-4-6-8-16/h4-11,15H,12H2,1-3H3,(H,24,25). The Kier molecular flexibility index (Phi) is 5.45. The molecule has 0 radical (unpaired) electrons. The molecule has 6 nitrogen and oxygen atoms in total. The lowest BCUT2D eigenvalue weighted by atomic mass is 10.1. The highest BCUT2D eigenvalue weighted by Crippen LogP contribution is 2.15. The summed E-state index contributed by atoms with van der Waals surface area (Å²) < 4.78 is 5.13. The number of hydrogen-bond acceptors (Lipinski definition) is 5. The van der Waals surface area contributed by atoms with Crippen LogP contribution in [0.15, 0.2) is 48.5 Å². The fourth-order valence-electron chi connectivity index (χ4n) is 2.68. The van der Waals surface area contributed by atoms with Crippen molar-refractivity contribution in [2.24, 2.45) is 0 Å². The lowest BCUT2D eigenvalue weighted by molar-refractivity contribution is -0.124. The van der Waals surface area contributed by atoms with Gasteiger partial charge in [-0.15, -0.1) is 0 Å². The second kappa shape index (κ2) is 7.95. The van der Waals surface area contributed by atoms with Gasteiger partial charge in [0.05, 0.1) is 34.0 Å². The number of fused-ring (bicyclic) bond motifs is 1. The zero-order chi connectivity index (χ0) is 19.4. The first-order chi connectivity index (χ1) is 12.9. The average molecular weight is 363 g/mol. The molecule has 0 fully saturated rings. The van der Waals surface area contributed by atoms with E-state index in [1.54, 1.807) is 18.2 Å². The smallest absolute Gasteiger partial charge is 0.338 e. The first-order valence-corrected chi connectivity index (χ1v) is 8.70. The van der Waals surface area contributed by atoms with E-state index in [1.807, 2.05) is 51.1 Å². The van der Waals surface area contributed by atoms with Crippen LogP contribution in [0.4, 0.5) is 0 Å². The molecule has 1 N–H and O–H groups in total. The minimum atomic E-state index is -0.570. The number of amides is 1. The largest absolute Gasteiger partial charge is 0.452 e. The number of hydrogen-bond donors (Lipinski definition) is 1. The summed E-state index contributed by atoms with van der Waals surface area (Å²) in [5.74, 6) is -0.925. The molecule has 1 heterocycles. The number of esters is 1. The average Bonchev–Trinajstić information content (AvgIpc) is 2.67. The van der Waals surface area contributed by atoms with E-state index in [-0.39, 0.29) is 18.6 Å². The molecule has 0 saturated heterocycles. The molecule has 27 heavy (non-hydrogen) atoms. The summed E-state index contributed by atoms with van der Waals surface area (Å²) in [6.07, 6.45) is 0. The second-order valence-electron chi connectivity index (χ2n) is 6.37. The van der Waals surface area contributed by atoms with Crippen molar-refractivity contribution >= 4 is 22.9 Å². The number of rotatable bonds is 5. The van der Waals surface area contributed by atoms with Gasteiger partial charge >= 0.3 is 5.97 Å². The zero-order valence-electron chi connectivity index (χ0n) is 15.5. The maximum atomic E-state index is 12.3. The van der Waals surface area contributed by atoms with Crippen LogP contribution >= 0.6 is 0 Å². The molecule has 6 heteroatoms. The molecule has 0 saturated carbocycles. The Morgan fingerprint density at radius 2 is 1.67 bits per heavy atom. The predicted octanol–water partition coefficient (Wildman–Crippen LogP) is 3.28. The van der Waals surface area contributed by atoms with Crippen molar-refractivity contribution in [1.29, 1.82) is 0 Å². The SMILES string of the molecule is Cc1nc2ccc(C(=O)OCC(=O)NC(C)c3ccccc3)cc2nc1C. The van der Waals surface area contributed by atoms with E-state index in [9.17, 15) is 9.59 Å². The van der Waals surface area contributed by atoms with Crippen LogP contribution in [-0.4, -0.2) is 28.5 Å². The number of benzene rings is 2. The predicted molar refractivity (Wildman–Crippen MR) is 102 cm³/mol. The fourth-order valence-corrected chi connectivity index (χ4v) is 2.68. The molecule has 1 atom stereocenters. The number of aryl methyl sites for hydroxylation is 2. The van der Waals surface area contributed by atoms with Gasteiger partial charge < -0.3 is 10.1 Å². The summed E-state index contributed by atoms with van der Waals surface area (Å²) in [6.45, 7) is 5.29. The topological polar surface area (TPSA) is 81.2 Å². The highest BCUT2D eigenvalue weighted by Gasteiger charge is 2.14. The number of ether oxygens (including phenoxy) is 1. The van der Waals surface area contributed by atoms with Crippen molar-refractivity contribution in [1.82, 2.24) is 15.3 Å². The Balaban J connectivity index is 1.61. The molecule has 1 aromatic heterocycles. The monoisotopic (exact) mass is 363 g/mol. The fraction of sp³-hybridized carbons (Fsp3) is 0.238. The molecule has 0 aliphatic carbocycles. The number of carbonyl (C=O) groups excluding carboxylic acids is 2. The maximum absolute atomic E-state index is 12.3. The van der Waals surface area contributed by atoms with E-state index in [0.717, 1.165) is 17.0 Å². The van der Waals surface area contributed by atoms with Gasteiger partial charge in [-0.1, -0.05) is 30.3 Å². The van der Waals surface area contributed by atoms with Crippen molar-refractivity contribution in [2.75, 3.05) is 6.61 Å². The van der Waals surface area contributed by atoms with E-state index >= 15 is 0 Å². The Morgan fingerprint density at radius 3 is 2.37 bits per heavy atom. The van der Waals surface area contributed by atoms with E-state index in [1.165, 1.54) is 0 Å². The summed E-state index contributed by atoms with van der Waals surface area (Å²) in [5, 5.41) is 2.81. The van der Waals surface area contributed by atoms with Gasteiger partial charge in [0.1, 0.15) is 0 Å². The van der Waals surface area contributed by atoms with Crippen LogP contribution in [-0.2, 0) is 9.53 Å². The third-order valence-electron chi connectivity index (χ3n) is 4.32. The molecular weight excluding hydrogens is 342 g/mol. The van der Waals surface area contributed by atoms with Crippen LogP contribution < -0.4 is 5.32 Å². The molecule has 0 aliphatic heterocycles. The molecule has 0 aliphatic rings. The lowest BCUT2D eigenvalue weighted by Gasteiger charge is -2.14. The zero-order valence-corrected chi connectivity index (χ0v) is 15.5. The molecule has 1 unspecified atom stereocenters. The van der Waals surface area contributed by atoms with Crippen molar-refractivity contribution in [2.45, 2.75) is 26.8 Å². The molecule has 138 valence electrons. The summed E-state index contributed by atoms with van der Waals surface area (Å²) in [6, 6.07) is 14.4. The summed E-state index contributed by atoms with van der Waals surface area (Å²) in [4.78, 5) is 33.2. The van der Waals surface area contributed by atoms with Gasteiger partial charge in [-0.25, -0.2) is 14.8 Å². The Morgan fingerprint density at radius 1 is 1.00 bits per heavy atom. The number of carbonyl (C=O) groups is 2. The molecule has 0 bridgehead atoms. The molecule has 0 spiro atoms. The minimum Gasteiger partial charge on any atom is -0.452 e. The third kappa shape index (κ3) is 4.47. The Labute approximate surface area is 157 Å². The van der Waals surface area contributed by atoms with E-state index in [2.05, 4.69) is 15.3 Å². The lowest BCUT2D eigenvalue weighted by Crippen LogP contribution is -2.31. The van der Waals surface area contributed by atoms with E-state index in [4.69, 9.17) is 4.74 Å². The van der Waals surface area contributed by atoms with Crippen LogP contribution in [0.2, 0.25) is 0 Å². The van der Waals surface area contributed by atoms with Crippen LogP contribution in [0, 0.1) is 13.8 Å². The highest BCUT2D eigenvalue weighted by atomic mass is 16.5. The highest BCUT2D eigenvalue weighted by molar-refractivity contribution is 5.94. The Bertz CT molecular complexity index is 987. The van der Waals surface area contributed by atoms with Crippen LogP contribution in [0.1, 0.15) is 40.3 Å². The van der Waals surface area contributed by atoms with E-state index in [0.29, 0.717) is 16.6 Å². The normalized spacial score (nSPS) is 11.8. The summed E-state index contributed by atoms with van der Waals surface area (Å²) >= 11 is 0. The summed E-state index contributed by atoms with van der Waals surface area (Å²) in [5.41, 5.74) is 4.31. The molecular formula is C21H21N3O3. The van der Waals surface area contributed by atoms with Gasteiger partial charge in [0, 0.05) is 0 Å². The molecule has 3 aromatic rings. The van der Waals surface area contributed by atoms with Gasteiger partial charge in [-0.05, 0) is 44.5 Å². The second-order valence-corrected chi connectivity index (χ2v) is 6.37. The maximum Gasteiger partial charge on any atom is 0.338 e. The van der Waals surface area contributed by atoms with Gasteiger partial charge in [0.2, 0.25) is 0 Å². The number of nitrogens with zero attached hydrogens (tertiary/aromatic N) is 2. The third-order valence-corrected chi connectivity index (χ3v) is 4.32. The summed E-state index contributed by atoms with van der Waals surface area (Å²) in [7, 11) is 0. The van der Waals surface area contributed by atoms with Gasteiger partial charge in [-0.3, -0.25) is 4.79 Å². The van der Waals surface area contributed by atoms with Crippen LogP contribution in [0.5, 0.6) is 0 Å². The first kappa shape index (κ1) is 18.5. The first-order valence-electron chi connectivity index (χ1n) is 8.70. The van der Waals surface area contributed by atoms with E-state index < -0.39 is 5.97 Å².